The maximum Gasteiger partial charge on any atom is 0.150 e. The second kappa shape index (κ2) is 6.21. The zero-order chi connectivity index (χ0) is 12.0. The van der Waals surface area contributed by atoms with Crippen LogP contribution >= 0.6 is 0 Å². The lowest BCUT2D eigenvalue weighted by atomic mass is 10.1. The van der Waals surface area contributed by atoms with Crippen molar-refractivity contribution in [3.05, 3.63) is 29.8 Å². The van der Waals surface area contributed by atoms with Crippen LogP contribution in [-0.2, 0) is 0 Å². The van der Waals surface area contributed by atoms with E-state index in [0.717, 1.165) is 23.5 Å². The normalized spacial score (nSPS) is 17.9. The second-order valence-corrected chi connectivity index (χ2v) is 3.53. The molecule has 1 aromatic rings. The summed E-state index contributed by atoms with van der Waals surface area (Å²) in [5.74, 6) is 0.976. The number of benzene rings is 1. The molecule has 1 aliphatic heterocycles. The van der Waals surface area contributed by atoms with E-state index in [1.54, 1.807) is 0 Å². The molecule has 1 N–H and O–H groups in total. The summed E-state index contributed by atoms with van der Waals surface area (Å²) in [6, 6.07) is 6.16. The number of ether oxygens (including phenoxy) is 1. The Morgan fingerprint density at radius 2 is 2.12 bits per heavy atom. The van der Waals surface area contributed by atoms with Crippen molar-refractivity contribution in [2.45, 2.75) is 33.8 Å². The van der Waals surface area contributed by atoms with Gasteiger partial charge in [0, 0.05) is 5.56 Å². The van der Waals surface area contributed by atoms with E-state index < -0.39 is 0 Å². The summed E-state index contributed by atoms with van der Waals surface area (Å²) in [5, 5.41) is 3.35. The van der Waals surface area contributed by atoms with Gasteiger partial charge in [-0.3, -0.25) is 0 Å². The fourth-order valence-electron chi connectivity index (χ4n) is 1.63. The van der Waals surface area contributed by atoms with Crippen molar-refractivity contribution in [2.75, 3.05) is 11.9 Å². The van der Waals surface area contributed by atoms with Crippen molar-refractivity contribution < 1.29 is 4.74 Å². The minimum Gasteiger partial charge on any atom is -0.486 e. The van der Waals surface area contributed by atoms with Crippen molar-refractivity contribution in [1.29, 1.82) is 0 Å². The van der Waals surface area contributed by atoms with Crippen LogP contribution in [0.15, 0.2) is 24.3 Å². The van der Waals surface area contributed by atoms with Crippen LogP contribution in [0.25, 0.3) is 6.08 Å². The van der Waals surface area contributed by atoms with E-state index in [2.05, 4.69) is 24.4 Å². The molecule has 0 fully saturated rings. The Kier molecular flexibility index (Phi) is 4.90. The SMILES string of the molecule is C/C=C/c1cccc2c1OC(C)CN2.CC. The Balaban J connectivity index is 0.000000606. The molecule has 88 valence electrons. The number of nitrogens with one attached hydrogen (secondary N) is 1. The van der Waals surface area contributed by atoms with Crippen LogP contribution in [0.5, 0.6) is 5.75 Å². The summed E-state index contributed by atoms with van der Waals surface area (Å²) in [4.78, 5) is 0. The summed E-state index contributed by atoms with van der Waals surface area (Å²) >= 11 is 0. The topological polar surface area (TPSA) is 21.3 Å². The number of allylic oxidation sites excluding steroid dienone is 1. The molecule has 1 aromatic carbocycles. The Morgan fingerprint density at radius 1 is 1.38 bits per heavy atom. The van der Waals surface area contributed by atoms with Crippen LogP contribution < -0.4 is 10.1 Å². The number of rotatable bonds is 1. The Labute approximate surface area is 98.3 Å². The molecule has 0 saturated heterocycles. The maximum absolute atomic E-state index is 5.80. The van der Waals surface area contributed by atoms with E-state index in [0.29, 0.717) is 0 Å². The van der Waals surface area contributed by atoms with Crippen LogP contribution in [0.1, 0.15) is 33.3 Å². The van der Waals surface area contributed by atoms with Gasteiger partial charge in [-0.25, -0.2) is 0 Å². The highest BCUT2D eigenvalue weighted by atomic mass is 16.5. The van der Waals surface area contributed by atoms with Gasteiger partial charge in [0.15, 0.2) is 0 Å². The largest absolute Gasteiger partial charge is 0.486 e. The van der Waals surface area contributed by atoms with Gasteiger partial charge in [-0.15, -0.1) is 0 Å². The van der Waals surface area contributed by atoms with Crippen LogP contribution in [0.4, 0.5) is 5.69 Å². The number of fused-ring (bicyclic) bond motifs is 1. The quantitative estimate of drug-likeness (QED) is 0.772. The van der Waals surface area contributed by atoms with Crippen molar-refractivity contribution >= 4 is 11.8 Å². The Hall–Kier alpha value is -1.44. The molecule has 2 rings (SSSR count). The minimum atomic E-state index is 0.244. The first-order valence-corrected chi connectivity index (χ1v) is 5.97. The number of hydrogen-bond acceptors (Lipinski definition) is 2. The van der Waals surface area contributed by atoms with Crippen LogP contribution in [0, 0.1) is 0 Å². The molecule has 1 unspecified atom stereocenters. The molecular weight excluding hydrogens is 198 g/mol. The monoisotopic (exact) mass is 219 g/mol. The lowest BCUT2D eigenvalue weighted by molar-refractivity contribution is 0.225. The average molecular weight is 219 g/mol. The molecule has 0 saturated carbocycles. The summed E-state index contributed by atoms with van der Waals surface area (Å²) < 4.78 is 5.80. The molecule has 1 atom stereocenters. The van der Waals surface area contributed by atoms with Crippen LogP contribution in [-0.4, -0.2) is 12.6 Å². The van der Waals surface area contributed by atoms with Gasteiger partial charge in [-0.2, -0.15) is 0 Å². The zero-order valence-electron chi connectivity index (χ0n) is 10.6. The molecule has 0 radical (unpaired) electrons. The molecule has 1 aliphatic rings. The van der Waals surface area contributed by atoms with Crippen molar-refractivity contribution in [3.63, 3.8) is 0 Å². The number of hydrogen-bond donors (Lipinski definition) is 1. The third-order valence-corrected chi connectivity index (χ3v) is 2.29. The van der Waals surface area contributed by atoms with Gasteiger partial charge in [0.1, 0.15) is 11.9 Å². The van der Waals surface area contributed by atoms with E-state index in [1.165, 1.54) is 0 Å². The lowest BCUT2D eigenvalue weighted by Crippen LogP contribution is -2.28. The molecule has 0 spiro atoms. The summed E-state index contributed by atoms with van der Waals surface area (Å²) in [6.45, 7) is 8.97. The zero-order valence-corrected chi connectivity index (χ0v) is 10.6. The number of anilines is 1. The smallest absolute Gasteiger partial charge is 0.150 e. The summed E-state index contributed by atoms with van der Waals surface area (Å²) in [6.07, 6.45) is 4.34. The first-order valence-electron chi connectivity index (χ1n) is 5.97. The summed E-state index contributed by atoms with van der Waals surface area (Å²) in [7, 11) is 0. The molecular formula is C14H21NO. The highest BCUT2D eigenvalue weighted by Crippen LogP contribution is 2.33. The molecule has 0 aromatic heterocycles. The molecule has 2 nitrogen and oxygen atoms in total. The average Bonchev–Trinajstić information content (AvgIpc) is 2.33. The van der Waals surface area contributed by atoms with E-state index in [-0.39, 0.29) is 6.10 Å². The van der Waals surface area contributed by atoms with Gasteiger partial charge < -0.3 is 10.1 Å². The predicted molar refractivity (Wildman–Crippen MR) is 71.1 cm³/mol. The Morgan fingerprint density at radius 3 is 2.81 bits per heavy atom. The van der Waals surface area contributed by atoms with E-state index >= 15 is 0 Å². The van der Waals surface area contributed by atoms with Crippen molar-refractivity contribution in [1.82, 2.24) is 0 Å². The molecule has 1 heterocycles. The second-order valence-electron chi connectivity index (χ2n) is 3.53. The van der Waals surface area contributed by atoms with Gasteiger partial charge in [0.25, 0.3) is 0 Å². The molecule has 0 aliphatic carbocycles. The number of para-hydroxylation sites is 1. The Bertz CT molecular complexity index is 358. The van der Waals surface area contributed by atoms with E-state index in [9.17, 15) is 0 Å². The van der Waals surface area contributed by atoms with Crippen molar-refractivity contribution in [3.8, 4) is 5.75 Å². The third kappa shape index (κ3) is 2.78. The molecule has 0 amide bonds. The van der Waals surface area contributed by atoms with Crippen molar-refractivity contribution in [2.24, 2.45) is 0 Å². The summed E-state index contributed by atoms with van der Waals surface area (Å²) in [5.41, 5.74) is 2.24. The van der Waals surface area contributed by atoms with Crippen LogP contribution in [0.3, 0.4) is 0 Å². The van der Waals surface area contributed by atoms with Gasteiger partial charge in [0.2, 0.25) is 0 Å². The van der Waals surface area contributed by atoms with Gasteiger partial charge in [-0.1, -0.05) is 38.1 Å². The van der Waals surface area contributed by atoms with E-state index in [1.807, 2.05) is 39.0 Å². The molecule has 16 heavy (non-hydrogen) atoms. The first kappa shape index (κ1) is 12.6. The van der Waals surface area contributed by atoms with Crippen LogP contribution in [0.2, 0.25) is 0 Å². The lowest BCUT2D eigenvalue weighted by Gasteiger charge is -2.26. The fourth-order valence-corrected chi connectivity index (χ4v) is 1.63. The predicted octanol–water partition coefficient (Wildman–Crippen LogP) is 3.94. The highest BCUT2D eigenvalue weighted by molar-refractivity contribution is 5.70. The van der Waals surface area contributed by atoms with E-state index in [4.69, 9.17) is 4.74 Å². The van der Waals surface area contributed by atoms with Gasteiger partial charge in [-0.05, 0) is 19.9 Å². The highest BCUT2D eigenvalue weighted by Gasteiger charge is 2.16. The molecule has 0 bridgehead atoms. The third-order valence-electron chi connectivity index (χ3n) is 2.29. The standard InChI is InChI=1S/C12H15NO.C2H6/c1-3-5-10-6-4-7-11-12(10)14-9(2)8-13-11;1-2/h3-7,9,13H,8H2,1-2H3;1-2H3/b5-3+;. The minimum absolute atomic E-state index is 0.244. The maximum atomic E-state index is 5.80. The molecule has 2 heteroatoms. The van der Waals surface area contributed by atoms with Gasteiger partial charge in [0.05, 0.1) is 12.2 Å². The van der Waals surface area contributed by atoms with Gasteiger partial charge >= 0.3 is 0 Å². The first-order chi connectivity index (χ1) is 7.81. The fraction of sp³-hybridized carbons (Fsp3) is 0.429.